The third-order valence-electron chi connectivity index (χ3n) is 5.00. The highest BCUT2D eigenvalue weighted by Crippen LogP contribution is 2.47. The Balaban J connectivity index is 1.93. The third kappa shape index (κ3) is 2.33. The first-order chi connectivity index (χ1) is 9.60. The Morgan fingerprint density at radius 1 is 1.35 bits per heavy atom. The van der Waals surface area contributed by atoms with Crippen LogP contribution in [0.3, 0.4) is 0 Å². The highest BCUT2D eigenvalue weighted by Gasteiger charge is 2.48. The van der Waals surface area contributed by atoms with Crippen LogP contribution in [0.1, 0.15) is 51.1 Å². The molecule has 0 radical (unpaired) electrons. The van der Waals surface area contributed by atoms with Gasteiger partial charge >= 0.3 is 0 Å². The van der Waals surface area contributed by atoms with Crippen molar-refractivity contribution in [3.63, 3.8) is 0 Å². The van der Waals surface area contributed by atoms with E-state index in [0.717, 1.165) is 38.0 Å². The van der Waals surface area contributed by atoms with Crippen molar-refractivity contribution in [1.82, 2.24) is 5.32 Å². The molecule has 3 unspecified atom stereocenters. The van der Waals surface area contributed by atoms with Gasteiger partial charge in [-0.2, -0.15) is 0 Å². The fourth-order valence-corrected chi connectivity index (χ4v) is 3.67. The molecule has 2 aliphatic heterocycles. The van der Waals surface area contributed by atoms with E-state index in [-0.39, 0.29) is 11.2 Å². The van der Waals surface area contributed by atoms with Gasteiger partial charge in [0, 0.05) is 30.9 Å². The lowest BCUT2D eigenvalue weighted by Gasteiger charge is -2.49. The molecule has 20 heavy (non-hydrogen) atoms. The lowest BCUT2D eigenvalue weighted by atomic mass is 9.75. The minimum atomic E-state index is -0.0783. The summed E-state index contributed by atoms with van der Waals surface area (Å²) in [5.74, 6) is 1.04. The predicted molar refractivity (Wildman–Crippen MR) is 80.1 cm³/mol. The standard InChI is InChI=1S/C17H25NO2/c1-4-16(2)12-17(9-10-19-16)11-14(18-3)13-7-5-6-8-15(13)20-17/h5-8,14,18H,4,9-12H2,1-3H3. The Morgan fingerprint density at radius 2 is 2.15 bits per heavy atom. The average Bonchev–Trinajstić information content (AvgIpc) is 2.46. The van der Waals surface area contributed by atoms with Gasteiger partial charge < -0.3 is 14.8 Å². The Bertz CT molecular complexity index is 490. The first kappa shape index (κ1) is 13.9. The van der Waals surface area contributed by atoms with Gasteiger partial charge in [-0.3, -0.25) is 0 Å². The van der Waals surface area contributed by atoms with Crippen molar-refractivity contribution in [2.24, 2.45) is 0 Å². The van der Waals surface area contributed by atoms with Crippen LogP contribution in [0.15, 0.2) is 24.3 Å². The molecule has 0 amide bonds. The maximum Gasteiger partial charge on any atom is 0.124 e. The Morgan fingerprint density at radius 3 is 2.90 bits per heavy atom. The first-order valence-corrected chi connectivity index (χ1v) is 7.69. The zero-order chi connectivity index (χ0) is 14.2. The molecule has 0 aliphatic carbocycles. The summed E-state index contributed by atoms with van der Waals surface area (Å²) in [5.41, 5.74) is 1.15. The van der Waals surface area contributed by atoms with E-state index >= 15 is 0 Å². The van der Waals surface area contributed by atoms with Gasteiger partial charge in [-0.1, -0.05) is 25.1 Å². The van der Waals surface area contributed by atoms with Crippen LogP contribution in [0.5, 0.6) is 5.75 Å². The summed E-state index contributed by atoms with van der Waals surface area (Å²) in [7, 11) is 2.04. The number of para-hydroxylation sites is 1. The SMILES string of the molecule is CCC1(C)CC2(CCO1)CC(NC)c1ccccc1O2. The maximum absolute atomic E-state index is 6.47. The molecule has 110 valence electrons. The van der Waals surface area contributed by atoms with Crippen LogP contribution in [0.4, 0.5) is 0 Å². The molecule has 3 atom stereocenters. The lowest BCUT2D eigenvalue weighted by Crippen LogP contribution is -2.53. The van der Waals surface area contributed by atoms with Crippen molar-refractivity contribution in [1.29, 1.82) is 0 Å². The third-order valence-corrected chi connectivity index (χ3v) is 5.00. The van der Waals surface area contributed by atoms with Gasteiger partial charge in [0.15, 0.2) is 0 Å². The minimum Gasteiger partial charge on any atom is -0.487 e. The molecule has 0 saturated carbocycles. The van der Waals surface area contributed by atoms with Crippen LogP contribution in [0.2, 0.25) is 0 Å². The molecule has 1 aromatic rings. The zero-order valence-corrected chi connectivity index (χ0v) is 12.7. The van der Waals surface area contributed by atoms with Crippen molar-refractivity contribution in [2.75, 3.05) is 13.7 Å². The van der Waals surface area contributed by atoms with Crippen LogP contribution in [-0.2, 0) is 4.74 Å². The van der Waals surface area contributed by atoms with Gasteiger partial charge in [-0.15, -0.1) is 0 Å². The van der Waals surface area contributed by atoms with E-state index in [9.17, 15) is 0 Å². The van der Waals surface area contributed by atoms with Gasteiger partial charge in [-0.05, 0) is 26.5 Å². The number of rotatable bonds is 2. The van der Waals surface area contributed by atoms with Crippen molar-refractivity contribution in [3.8, 4) is 5.75 Å². The molecular weight excluding hydrogens is 250 g/mol. The lowest BCUT2D eigenvalue weighted by molar-refractivity contribution is -0.152. The molecule has 1 spiro atoms. The second kappa shape index (κ2) is 5.05. The number of ether oxygens (including phenoxy) is 2. The van der Waals surface area contributed by atoms with Crippen LogP contribution < -0.4 is 10.1 Å². The van der Waals surface area contributed by atoms with Crippen LogP contribution in [0, 0.1) is 0 Å². The summed E-state index contributed by atoms with van der Waals surface area (Å²) in [5, 5.41) is 3.46. The Hall–Kier alpha value is -1.06. The number of hydrogen-bond donors (Lipinski definition) is 1. The molecule has 1 aromatic carbocycles. The Kier molecular flexibility index (Phi) is 3.51. The largest absolute Gasteiger partial charge is 0.487 e. The normalized spacial score (nSPS) is 36.5. The maximum atomic E-state index is 6.47. The fraction of sp³-hybridized carbons (Fsp3) is 0.647. The second-order valence-electron chi connectivity index (χ2n) is 6.45. The van der Waals surface area contributed by atoms with E-state index < -0.39 is 0 Å². The van der Waals surface area contributed by atoms with E-state index in [2.05, 4.69) is 43.4 Å². The second-order valence-corrected chi connectivity index (χ2v) is 6.45. The highest BCUT2D eigenvalue weighted by atomic mass is 16.5. The van der Waals surface area contributed by atoms with E-state index in [0.29, 0.717) is 6.04 Å². The van der Waals surface area contributed by atoms with E-state index in [4.69, 9.17) is 9.47 Å². The number of hydrogen-bond acceptors (Lipinski definition) is 3. The highest BCUT2D eigenvalue weighted by molar-refractivity contribution is 5.39. The summed E-state index contributed by atoms with van der Waals surface area (Å²) in [6.45, 7) is 5.21. The number of benzene rings is 1. The molecule has 3 heteroatoms. The molecule has 1 N–H and O–H groups in total. The number of fused-ring (bicyclic) bond motifs is 1. The number of nitrogens with one attached hydrogen (secondary N) is 1. The molecule has 3 rings (SSSR count). The summed E-state index contributed by atoms with van der Waals surface area (Å²) in [6, 6.07) is 8.79. The predicted octanol–water partition coefficient (Wildman–Crippen LogP) is 3.45. The summed E-state index contributed by atoms with van der Waals surface area (Å²) in [6.07, 6.45) is 4.02. The monoisotopic (exact) mass is 275 g/mol. The van der Waals surface area contributed by atoms with Gasteiger partial charge in [0.2, 0.25) is 0 Å². The minimum absolute atomic E-state index is 0.0528. The summed E-state index contributed by atoms with van der Waals surface area (Å²) >= 11 is 0. The first-order valence-electron chi connectivity index (χ1n) is 7.69. The van der Waals surface area contributed by atoms with Gasteiger partial charge in [0.1, 0.15) is 11.4 Å². The van der Waals surface area contributed by atoms with Crippen molar-refractivity contribution >= 4 is 0 Å². The van der Waals surface area contributed by atoms with Crippen LogP contribution in [0.25, 0.3) is 0 Å². The molecular formula is C17H25NO2. The van der Waals surface area contributed by atoms with Crippen molar-refractivity contribution < 1.29 is 9.47 Å². The molecule has 0 bridgehead atoms. The Labute approximate surface area is 121 Å². The average molecular weight is 275 g/mol. The fourth-order valence-electron chi connectivity index (χ4n) is 3.67. The van der Waals surface area contributed by atoms with Crippen molar-refractivity contribution in [2.45, 2.75) is 56.8 Å². The molecule has 1 fully saturated rings. The summed E-state index contributed by atoms with van der Waals surface area (Å²) in [4.78, 5) is 0. The quantitative estimate of drug-likeness (QED) is 0.896. The smallest absolute Gasteiger partial charge is 0.124 e. The molecule has 0 aromatic heterocycles. The molecule has 2 aliphatic rings. The molecule has 1 saturated heterocycles. The van der Waals surface area contributed by atoms with Crippen LogP contribution >= 0.6 is 0 Å². The molecule has 3 nitrogen and oxygen atoms in total. The van der Waals surface area contributed by atoms with Gasteiger partial charge in [0.25, 0.3) is 0 Å². The topological polar surface area (TPSA) is 30.5 Å². The van der Waals surface area contributed by atoms with E-state index in [1.54, 1.807) is 0 Å². The summed E-state index contributed by atoms with van der Waals surface area (Å²) < 4.78 is 12.5. The molecule has 2 heterocycles. The van der Waals surface area contributed by atoms with Crippen molar-refractivity contribution in [3.05, 3.63) is 29.8 Å². The van der Waals surface area contributed by atoms with E-state index in [1.807, 2.05) is 7.05 Å². The van der Waals surface area contributed by atoms with Gasteiger partial charge in [-0.25, -0.2) is 0 Å². The zero-order valence-electron chi connectivity index (χ0n) is 12.7. The van der Waals surface area contributed by atoms with Gasteiger partial charge in [0.05, 0.1) is 12.2 Å². The van der Waals surface area contributed by atoms with Crippen LogP contribution in [-0.4, -0.2) is 24.9 Å². The van der Waals surface area contributed by atoms with E-state index in [1.165, 1.54) is 5.56 Å².